The van der Waals surface area contributed by atoms with Gasteiger partial charge in [-0.05, 0) is 34.6 Å². The number of Topliss-reactive ketones (excluding diaryl/α,β-unsaturated/α-hetero) is 1. The summed E-state index contributed by atoms with van der Waals surface area (Å²) in [7, 11) is 0. The molecule has 2 bridgehead atoms. The molecule has 2 aliphatic rings. The number of rotatable bonds is 2. The molecule has 0 fully saturated rings. The molecule has 0 unspecified atom stereocenters. The molecule has 0 aliphatic heterocycles. The first-order valence-corrected chi connectivity index (χ1v) is 9.28. The molecule has 2 aliphatic carbocycles. The molecule has 1 nitrogen and oxygen atoms in total. The van der Waals surface area contributed by atoms with Crippen LogP contribution in [-0.4, -0.2) is 5.78 Å². The minimum absolute atomic E-state index is 0.101. The van der Waals surface area contributed by atoms with Crippen LogP contribution in [-0.2, 0) is 0 Å². The first-order valence-electron chi connectivity index (χ1n) is 9.28. The van der Waals surface area contributed by atoms with Crippen LogP contribution >= 0.6 is 0 Å². The summed E-state index contributed by atoms with van der Waals surface area (Å²) in [6.45, 7) is 0. The fourth-order valence-electron chi connectivity index (χ4n) is 4.69. The SMILES string of the molecule is O=C(c1ccccc1)[C@H]1c2ccccc2[C@H]2C[C@@H]1C=Cc1ccccc12. The molecule has 0 saturated carbocycles. The number of hydrogen-bond acceptors (Lipinski definition) is 1. The van der Waals surface area contributed by atoms with Gasteiger partial charge in [0, 0.05) is 11.5 Å². The lowest BCUT2D eigenvalue weighted by atomic mass is 9.67. The van der Waals surface area contributed by atoms with Crippen LogP contribution in [0.3, 0.4) is 0 Å². The van der Waals surface area contributed by atoms with Crippen molar-refractivity contribution in [3.8, 4) is 0 Å². The van der Waals surface area contributed by atoms with E-state index < -0.39 is 0 Å². The van der Waals surface area contributed by atoms with Gasteiger partial charge in [0.25, 0.3) is 0 Å². The minimum atomic E-state index is -0.101. The van der Waals surface area contributed by atoms with Crippen LogP contribution in [0.4, 0.5) is 0 Å². The molecule has 0 aromatic heterocycles. The Labute approximate surface area is 154 Å². The lowest BCUT2D eigenvalue weighted by Crippen LogP contribution is -2.28. The Bertz CT molecular complexity index is 999. The maximum atomic E-state index is 13.4. The van der Waals surface area contributed by atoms with E-state index in [1.165, 1.54) is 22.3 Å². The van der Waals surface area contributed by atoms with Crippen molar-refractivity contribution in [3.05, 3.63) is 113 Å². The Hall–Kier alpha value is -2.93. The summed E-state index contributed by atoms with van der Waals surface area (Å²) in [6.07, 6.45) is 5.48. The predicted octanol–water partition coefficient (Wildman–Crippen LogP) is 5.83. The standard InChI is InChI=1S/C25H20O/c26-25(18-9-2-1-3-10-18)24-19-15-14-17-8-4-5-11-20(17)23(16-19)21-12-6-7-13-22(21)24/h1-15,19,23-24H,16H2/t19-,23-,24+/m0/s1. The van der Waals surface area contributed by atoms with E-state index in [0.717, 1.165) is 12.0 Å². The van der Waals surface area contributed by atoms with E-state index in [0.29, 0.717) is 5.92 Å². The summed E-state index contributed by atoms with van der Waals surface area (Å²) in [4.78, 5) is 13.4. The van der Waals surface area contributed by atoms with Crippen molar-refractivity contribution in [1.82, 2.24) is 0 Å². The van der Waals surface area contributed by atoms with Gasteiger partial charge in [-0.15, -0.1) is 0 Å². The Balaban J connectivity index is 1.69. The number of fused-ring (bicyclic) bond motifs is 6. The maximum Gasteiger partial charge on any atom is 0.170 e. The van der Waals surface area contributed by atoms with E-state index in [2.05, 4.69) is 60.7 Å². The van der Waals surface area contributed by atoms with Crippen LogP contribution in [0.15, 0.2) is 84.9 Å². The van der Waals surface area contributed by atoms with Crippen LogP contribution in [0.25, 0.3) is 6.08 Å². The lowest BCUT2D eigenvalue weighted by molar-refractivity contribution is 0.0931. The molecule has 0 saturated heterocycles. The zero-order chi connectivity index (χ0) is 17.5. The van der Waals surface area contributed by atoms with Gasteiger partial charge in [0.05, 0.1) is 5.92 Å². The summed E-state index contributed by atoms with van der Waals surface area (Å²) in [5, 5.41) is 0. The highest BCUT2D eigenvalue weighted by atomic mass is 16.1. The fraction of sp³-hybridized carbons (Fsp3) is 0.160. The second-order valence-corrected chi connectivity index (χ2v) is 7.28. The Morgan fingerprint density at radius 2 is 1.38 bits per heavy atom. The van der Waals surface area contributed by atoms with Gasteiger partial charge in [0.15, 0.2) is 5.78 Å². The van der Waals surface area contributed by atoms with Crippen molar-refractivity contribution in [3.63, 3.8) is 0 Å². The van der Waals surface area contributed by atoms with Crippen molar-refractivity contribution >= 4 is 11.9 Å². The van der Waals surface area contributed by atoms with Crippen molar-refractivity contribution in [2.45, 2.75) is 18.3 Å². The van der Waals surface area contributed by atoms with Crippen LogP contribution in [0, 0.1) is 5.92 Å². The van der Waals surface area contributed by atoms with E-state index in [1.807, 2.05) is 30.3 Å². The average molecular weight is 336 g/mol. The second kappa shape index (κ2) is 6.10. The number of ketones is 1. The maximum absolute atomic E-state index is 13.4. The Kier molecular flexibility index (Phi) is 3.60. The number of hydrogen-bond donors (Lipinski definition) is 0. The normalized spacial score (nSPS) is 22.8. The Morgan fingerprint density at radius 3 is 2.19 bits per heavy atom. The number of benzene rings is 3. The molecule has 3 aromatic rings. The highest BCUT2D eigenvalue weighted by molar-refractivity contribution is 6.02. The first-order chi connectivity index (χ1) is 12.8. The molecule has 1 heteroatoms. The molecule has 0 amide bonds. The van der Waals surface area contributed by atoms with Crippen molar-refractivity contribution in [2.75, 3.05) is 0 Å². The van der Waals surface area contributed by atoms with Crippen LogP contribution in [0.1, 0.15) is 50.9 Å². The highest BCUT2D eigenvalue weighted by Gasteiger charge is 2.39. The third-order valence-electron chi connectivity index (χ3n) is 5.88. The molecule has 26 heavy (non-hydrogen) atoms. The molecular weight excluding hydrogens is 316 g/mol. The zero-order valence-electron chi connectivity index (χ0n) is 14.5. The summed E-state index contributed by atoms with van der Waals surface area (Å²) >= 11 is 0. The third kappa shape index (κ3) is 2.35. The van der Waals surface area contributed by atoms with Gasteiger partial charge in [0.2, 0.25) is 0 Å². The van der Waals surface area contributed by atoms with Crippen LogP contribution < -0.4 is 0 Å². The number of allylic oxidation sites excluding steroid dienone is 1. The van der Waals surface area contributed by atoms with Gasteiger partial charge in [-0.2, -0.15) is 0 Å². The summed E-state index contributed by atoms with van der Waals surface area (Å²) in [5.41, 5.74) is 5.98. The molecule has 3 aromatic carbocycles. The van der Waals surface area contributed by atoms with Crippen LogP contribution in [0.2, 0.25) is 0 Å². The van der Waals surface area contributed by atoms with Crippen molar-refractivity contribution < 1.29 is 4.79 Å². The molecular formula is C25H20O. The number of carbonyl (C=O) groups is 1. The van der Waals surface area contributed by atoms with Crippen molar-refractivity contribution in [1.29, 1.82) is 0 Å². The van der Waals surface area contributed by atoms with Gasteiger partial charge in [-0.25, -0.2) is 0 Å². The minimum Gasteiger partial charge on any atom is -0.293 e. The first kappa shape index (κ1) is 15.3. The molecule has 0 N–H and O–H groups in total. The van der Waals surface area contributed by atoms with Gasteiger partial charge < -0.3 is 0 Å². The summed E-state index contributed by atoms with van der Waals surface area (Å²) < 4.78 is 0. The summed E-state index contributed by atoms with van der Waals surface area (Å²) in [5.74, 6) is 0.727. The monoisotopic (exact) mass is 336 g/mol. The fourth-order valence-corrected chi connectivity index (χ4v) is 4.69. The van der Waals surface area contributed by atoms with Gasteiger partial charge in [0.1, 0.15) is 0 Å². The number of carbonyl (C=O) groups excluding carboxylic acids is 1. The van der Waals surface area contributed by atoms with Gasteiger partial charge >= 0.3 is 0 Å². The van der Waals surface area contributed by atoms with Gasteiger partial charge in [-0.3, -0.25) is 4.79 Å². The summed E-state index contributed by atoms with van der Waals surface area (Å²) in [6, 6.07) is 26.9. The highest BCUT2D eigenvalue weighted by Crippen LogP contribution is 2.49. The molecule has 126 valence electrons. The van der Waals surface area contributed by atoms with E-state index >= 15 is 0 Å². The molecule has 5 rings (SSSR count). The van der Waals surface area contributed by atoms with E-state index in [-0.39, 0.29) is 17.6 Å². The van der Waals surface area contributed by atoms with Crippen LogP contribution in [0.5, 0.6) is 0 Å². The molecule has 0 radical (unpaired) electrons. The van der Waals surface area contributed by atoms with E-state index in [1.54, 1.807) is 0 Å². The third-order valence-corrected chi connectivity index (χ3v) is 5.88. The van der Waals surface area contributed by atoms with Gasteiger partial charge in [-0.1, -0.05) is 91.0 Å². The van der Waals surface area contributed by atoms with E-state index in [4.69, 9.17) is 0 Å². The second-order valence-electron chi connectivity index (χ2n) is 7.28. The molecule has 0 heterocycles. The average Bonchev–Trinajstić information content (AvgIpc) is 2.87. The predicted molar refractivity (Wildman–Crippen MR) is 105 cm³/mol. The Morgan fingerprint density at radius 1 is 0.731 bits per heavy atom. The van der Waals surface area contributed by atoms with Crippen molar-refractivity contribution in [2.24, 2.45) is 5.92 Å². The molecule has 0 spiro atoms. The molecule has 3 atom stereocenters. The smallest absolute Gasteiger partial charge is 0.170 e. The largest absolute Gasteiger partial charge is 0.293 e. The zero-order valence-corrected chi connectivity index (χ0v) is 14.5. The lowest BCUT2D eigenvalue weighted by Gasteiger charge is -2.35. The topological polar surface area (TPSA) is 17.1 Å². The van der Waals surface area contributed by atoms with E-state index in [9.17, 15) is 4.79 Å². The quantitative estimate of drug-likeness (QED) is 0.538.